The first-order valence-corrected chi connectivity index (χ1v) is 11.4. The predicted octanol–water partition coefficient (Wildman–Crippen LogP) is -0.709. The van der Waals surface area contributed by atoms with Crippen LogP contribution in [0, 0.1) is 0 Å². The molecule has 206 valence electrons. The van der Waals surface area contributed by atoms with Crippen LogP contribution in [0.1, 0.15) is 12.0 Å². The first kappa shape index (κ1) is 31.4. The van der Waals surface area contributed by atoms with Crippen LogP contribution in [0.4, 0.5) is 0 Å². The maximum absolute atomic E-state index is 11.9. The lowest BCUT2D eigenvalue weighted by molar-refractivity contribution is -0.149. The molecule has 0 fully saturated rings. The topological polar surface area (TPSA) is 205 Å². The van der Waals surface area contributed by atoms with Crippen LogP contribution >= 0.6 is 0 Å². The van der Waals surface area contributed by atoms with Gasteiger partial charge in [-0.3, -0.25) is 38.7 Å². The van der Waals surface area contributed by atoms with E-state index in [1.54, 1.807) is 24.3 Å². The monoisotopic (exact) mass is 527 g/mol. The summed E-state index contributed by atoms with van der Waals surface area (Å²) < 4.78 is 5.51. The van der Waals surface area contributed by atoms with Gasteiger partial charge in [0, 0.05) is 26.2 Å². The summed E-state index contributed by atoms with van der Waals surface area (Å²) >= 11 is 0. The molecule has 0 aliphatic heterocycles. The second-order valence-electron chi connectivity index (χ2n) is 8.24. The Morgan fingerprint density at radius 2 is 1.19 bits per heavy atom. The van der Waals surface area contributed by atoms with Crippen LogP contribution in [0.3, 0.4) is 0 Å². The number of carboxylic acids is 5. The lowest BCUT2D eigenvalue weighted by Crippen LogP contribution is -2.48. The first-order chi connectivity index (χ1) is 17.5. The van der Waals surface area contributed by atoms with Crippen molar-refractivity contribution in [1.82, 2.24) is 14.7 Å². The molecule has 0 aromatic heterocycles. The minimum absolute atomic E-state index is 0.00203. The lowest BCUT2D eigenvalue weighted by Gasteiger charge is -2.29. The highest BCUT2D eigenvalue weighted by Gasteiger charge is 2.28. The highest BCUT2D eigenvalue weighted by atomic mass is 16.5. The minimum atomic E-state index is -1.27. The zero-order valence-corrected chi connectivity index (χ0v) is 20.3. The van der Waals surface area contributed by atoms with Crippen molar-refractivity contribution in [1.29, 1.82) is 0 Å². The Kier molecular flexibility index (Phi) is 14.4. The van der Waals surface area contributed by atoms with Gasteiger partial charge in [-0.2, -0.15) is 0 Å². The van der Waals surface area contributed by atoms with E-state index in [-0.39, 0.29) is 45.8 Å². The van der Waals surface area contributed by atoms with Gasteiger partial charge in [0.25, 0.3) is 0 Å². The van der Waals surface area contributed by atoms with Gasteiger partial charge in [0.15, 0.2) is 0 Å². The Hall–Kier alpha value is -3.59. The molecule has 37 heavy (non-hydrogen) atoms. The molecule has 1 aromatic carbocycles. The first-order valence-electron chi connectivity index (χ1n) is 11.4. The zero-order chi connectivity index (χ0) is 27.8. The number of hydrogen-bond donors (Lipinski definition) is 5. The molecule has 0 saturated carbocycles. The molecule has 0 aliphatic rings. The Labute approximate surface area is 213 Å². The molecule has 1 aromatic rings. The van der Waals surface area contributed by atoms with Crippen molar-refractivity contribution in [3.63, 3.8) is 0 Å². The summed E-state index contributed by atoms with van der Waals surface area (Å²) in [6.45, 7) is -2.08. The predicted molar refractivity (Wildman–Crippen MR) is 127 cm³/mol. The van der Waals surface area contributed by atoms with Crippen molar-refractivity contribution in [3.8, 4) is 0 Å². The molecule has 0 amide bonds. The number of carbonyl (C=O) groups is 5. The molecule has 0 aliphatic carbocycles. The van der Waals surface area contributed by atoms with Crippen LogP contribution < -0.4 is 0 Å². The number of ether oxygens (including phenoxy) is 1. The van der Waals surface area contributed by atoms with Crippen LogP contribution in [0.2, 0.25) is 0 Å². The van der Waals surface area contributed by atoms with Gasteiger partial charge in [-0.25, -0.2) is 0 Å². The van der Waals surface area contributed by atoms with Gasteiger partial charge in [-0.1, -0.05) is 30.3 Å². The fourth-order valence-corrected chi connectivity index (χ4v) is 3.55. The molecule has 0 radical (unpaired) electrons. The highest BCUT2D eigenvalue weighted by molar-refractivity contribution is 5.75. The zero-order valence-electron chi connectivity index (χ0n) is 20.3. The summed E-state index contributed by atoms with van der Waals surface area (Å²) in [5, 5.41) is 46.0. The van der Waals surface area contributed by atoms with E-state index in [0.29, 0.717) is 0 Å². The van der Waals surface area contributed by atoms with E-state index in [1.165, 1.54) is 9.80 Å². The third kappa shape index (κ3) is 14.5. The number of nitrogens with zero attached hydrogens (tertiary/aromatic N) is 3. The van der Waals surface area contributed by atoms with Gasteiger partial charge in [0.2, 0.25) is 0 Å². The van der Waals surface area contributed by atoms with Crippen LogP contribution in [0.5, 0.6) is 0 Å². The molecule has 0 saturated heterocycles. The highest BCUT2D eigenvalue weighted by Crippen LogP contribution is 2.07. The Bertz CT molecular complexity index is 881. The molecule has 0 unspecified atom stereocenters. The fraction of sp³-hybridized carbons (Fsp3) is 0.522. The van der Waals surface area contributed by atoms with Gasteiger partial charge in [0.05, 0.1) is 39.4 Å². The van der Waals surface area contributed by atoms with Crippen molar-refractivity contribution >= 4 is 29.8 Å². The van der Waals surface area contributed by atoms with Gasteiger partial charge in [-0.05, 0) is 12.0 Å². The van der Waals surface area contributed by atoms with Gasteiger partial charge < -0.3 is 30.3 Å². The number of rotatable bonds is 21. The van der Waals surface area contributed by atoms with E-state index in [0.717, 1.165) is 10.5 Å². The van der Waals surface area contributed by atoms with E-state index < -0.39 is 62.1 Å². The summed E-state index contributed by atoms with van der Waals surface area (Å²) in [6, 6.07) is 7.77. The molecular formula is C23H33N3O11. The van der Waals surface area contributed by atoms with E-state index in [9.17, 15) is 39.3 Å². The second-order valence-corrected chi connectivity index (χ2v) is 8.24. The van der Waals surface area contributed by atoms with Gasteiger partial charge in [-0.15, -0.1) is 0 Å². The molecule has 0 bridgehead atoms. The normalized spacial score (nSPS) is 12.1. The molecule has 0 spiro atoms. The van der Waals surface area contributed by atoms with Crippen molar-refractivity contribution in [3.05, 3.63) is 35.9 Å². The largest absolute Gasteiger partial charge is 0.480 e. The molecular weight excluding hydrogens is 494 g/mol. The minimum Gasteiger partial charge on any atom is -0.480 e. The average molecular weight is 528 g/mol. The van der Waals surface area contributed by atoms with Gasteiger partial charge >= 0.3 is 29.8 Å². The standard InChI is InChI=1S/C23H33N3O11/c27-19(28)11-24(9-10-25(12-20(29)30)13-21(31)32)7-4-8-26(14-22(33)34)18(23(35)36)16-37-15-17-5-2-1-3-6-17/h1-3,5-6,18H,4,7-16H2,(H,27,28)(H,29,30)(H,31,32)(H,33,34)(H,35,36)/t18-/m1/s1. The molecule has 14 heteroatoms. The smallest absolute Gasteiger partial charge is 0.323 e. The average Bonchev–Trinajstić information content (AvgIpc) is 2.78. The number of hydrogen-bond acceptors (Lipinski definition) is 9. The van der Waals surface area contributed by atoms with Crippen molar-refractivity contribution in [2.75, 3.05) is 59.0 Å². The Morgan fingerprint density at radius 3 is 1.70 bits per heavy atom. The second kappa shape index (κ2) is 17.0. The third-order valence-electron chi connectivity index (χ3n) is 5.18. The van der Waals surface area contributed by atoms with Crippen LogP contribution in [-0.4, -0.2) is 135 Å². The van der Waals surface area contributed by atoms with Gasteiger partial charge in [0.1, 0.15) is 6.04 Å². The molecule has 0 heterocycles. The van der Waals surface area contributed by atoms with Crippen LogP contribution in [0.25, 0.3) is 0 Å². The van der Waals surface area contributed by atoms with Crippen molar-refractivity contribution in [2.24, 2.45) is 0 Å². The summed E-state index contributed by atoms with van der Waals surface area (Å²) in [7, 11) is 0. The van der Waals surface area contributed by atoms with Crippen molar-refractivity contribution < 1.29 is 54.2 Å². The maximum atomic E-state index is 11.9. The molecule has 1 rings (SSSR count). The maximum Gasteiger partial charge on any atom is 0.323 e. The van der Waals surface area contributed by atoms with E-state index >= 15 is 0 Å². The van der Waals surface area contributed by atoms with Crippen LogP contribution in [-0.2, 0) is 35.3 Å². The molecule has 5 N–H and O–H groups in total. The summed E-state index contributed by atoms with van der Waals surface area (Å²) in [5.74, 6) is -6.14. The third-order valence-corrected chi connectivity index (χ3v) is 5.18. The Balaban J connectivity index is 2.76. The van der Waals surface area contributed by atoms with E-state index in [4.69, 9.17) is 14.9 Å². The number of carboxylic acid groups (broad SMARTS) is 5. The SMILES string of the molecule is O=C(O)CN(CCCN(CC(=O)O)[C@H](COCc1ccccc1)C(=O)O)CCN(CC(=O)O)CC(=O)O. The van der Waals surface area contributed by atoms with Crippen LogP contribution in [0.15, 0.2) is 30.3 Å². The van der Waals surface area contributed by atoms with E-state index in [2.05, 4.69) is 0 Å². The lowest BCUT2D eigenvalue weighted by atomic mass is 10.2. The summed E-state index contributed by atoms with van der Waals surface area (Å²) in [6.07, 6.45) is 0.195. The molecule has 1 atom stereocenters. The molecule has 14 nitrogen and oxygen atoms in total. The Morgan fingerprint density at radius 1 is 0.676 bits per heavy atom. The quantitative estimate of drug-likeness (QED) is 0.134. The summed E-state index contributed by atoms with van der Waals surface area (Å²) in [5.41, 5.74) is 0.820. The van der Waals surface area contributed by atoms with E-state index in [1.807, 2.05) is 6.07 Å². The number of benzene rings is 1. The number of aliphatic carboxylic acids is 5. The summed E-state index contributed by atoms with van der Waals surface area (Å²) in [4.78, 5) is 60.2. The fourth-order valence-electron chi connectivity index (χ4n) is 3.55. The van der Waals surface area contributed by atoms with Crippen molar-refractivity contribution in [2.45, 2.75) is 19.1 Å².